The zero-order chi connectivity index (χ0) is 8.32. The maximum atomic E-state index is 10.1. The fourth-order valence-corrected chi connectivity index (χ4v) is 0.952. The summed E-state index contributed by atoms with van der Waals surface area (Å²) in [5.74, 6) is 0.0926. The summed E-state index contributed by atoms with van der Waals surface area (Å²) in [6.45, 7) is 0. The molecule has 0 aromatic heterocycles. The van der Waals surface area contributed by atoms with Gasteiger partial charge in [-0.25, -0.2) is 0 Å². The maximum Gasteiger partial charge on any atom is 0.446 e. The first-order chi connectivity index (χ1) is 5.08. The number of benzene rings is 1. The van der Waals surface area contributed by atoms with E-state index in [2.05, 4.69) is 4.18 Å². The highest BCUT2D eigenvalue weighted by molar-refractivity contribution is 8.93. The highest BCUT2D eigenvalue weighted by atomic mass is 79.9. The van der Waals surface area contributed by atoms with Crippen LogP contribution in [0.5, 0.6) is 5.75 Å². The molecular formula is C6H7BrO4S. The van der Waals surface area contributed by atoms with E-state index in [4.69, 9.17) is 4.55 Å². The van der Waals surface area contributed by atoms with Crippen LogP contribution in [0.3, 0.4) is 0 Å². The Morgan fingerprint density at radius 3 is 2.08 bits per heavy atom. The van der Waals surface area contributed by atoms with Gasteiger partial charge in [-0.3, -0.25) is 4.55 Å². The molecule has 0 heterocycles. The summed E-state index contributed by atoms with van der Waals surface area (Å²) in [6.07, 6.45) is 0. The van der Waals surface area contributed by atoms with E-state index >= 15 is 0 Å². The topological polar surface area (TPSA) is 63.6 Å². The van der Waals surface area contributed by atoms with Crippen LogP contribution in [0.4, 0.5) is 0 Å². The average molecular weight is 255 g/mol. The highest BCUT2D eigenvalue weighted by Crippen LogP contribution is 2.09. The van der Waals surface area contributed by atoms with Gasteiger partial charge in [-0.2, -0.15) is 8.42 Å². The van der Waals surface area contributed by atoms with Gasteiger partial charge in [-0.1, -0.05) is 18.2 Å². The predicted molar refractivity (Wildman–Crippen MR) is 48.9 cm³/mol. The number of rotatable bonds is 2. The maximum absolute atomic E-state index is 10.1. The van der Waals surface area contributed by atoms with Gasteiger partial charge in [-0.15, -0.1) is 17.0 Å². The Bertz CT molecular complexity index is 321. The van der Waals surface area contributed by atoms with Gasteiger partial charge in [0, 0.05) is 0 Å². The van der Waals surface area contributed by atoms with Crippen molar-refractivity contribution < 1.29 is 17.2 Å². The fourth-order valence-electron chi connectivity index (χ4n) is 0.598. The molecule has 0 unspecified atom stereocenters. The number of hydrogen-bond acceptors (Lipinski definition) is 3. The van der Waals surface area contributed by atoms with Gasteiger partial charge in [0.05, 0.1) is 0 Å². The summed E-state index contributed by atoms with van der Waals surface area (Å²) in [4.78, 5) is 0. The monoisotopic (exact) mass is 254 g/mol. The molecule has 4 nitrogen and oxygen atoms in total. The van der Waals surface area contributed by atoms with Gasteiger partial charge in [0.25, 0.3) is 0 Å². The molecule has 1 aromatic rings. The summed E-state index contributed by atoms with van der Waals surface area (Å²) in [5.41, 5.74) is 0. The minimum absolute atomic E-state index is 0. The molecule has 0 radical (unpaired) electrons. The smallest absolute Gasteiger partial charge is 0.362 e. The molecule has 0 spiro atoms. The molecule has 0 fully saturated rings. The SMILES string of the molecule is Br.O=S(=O)(O)Oc1ccccc1. The van der Waals surface area contributed by atoms with E-state index in [0.717, 1.165) is 0 Å². The fraction of sp³-hybridized carbons (Fsp3) is 0. The average Bonchev–Trinajstić information content (AvgIpc) is 1.85. The third kappa shape index (κ3) is 4.32. The summed E-state index contributed by atoms with van der Waals surface area (Å²) >= 11 is 0. The summed E-state index contributed by atoms with van der Waals surface area (Å²) in [6, 6.07) is 7.75. The Balaban J connectivity index is 0.00000121. The van der Waals surface area contributed by atoms with E-state index in [9.17, 15) is 8.42 Å². The summed E-state index contributed by atoms with van der Waals surface area (Å²) in [7, 11) is -4.38. The molecule has 1 N–H and O–H groups in total. The normalized spacial score (nSPS) is 10.1. The van der Waals surface area contributed by atoms with Crippen molar-refractivity contribution in [3.63, 3.8) is 0 Å². The first-order valence-electron chi connectivity index (χ1n) is 2.80. The molecule has 0 aliphatic carbocycles. The molecule has 0 saturated carbocycles. The van der Waals surface area contributed by atoms with Crippen molar-refractivity contribution in [2.45, 2.75) is 0 Å². The molecule has 0 saturated heterocycles. The van der Waals surface area contributed by atoms with Crippen molar-refractivity contribution >= 4 is 27.4 Å². The second-order valence-corrected chi connectivity index (χ2v) is 2.85. The van der Waals surface area contributed by atoms with Gasteiger partial charge >= 0.3 is 10.4 Å². The zero-order valence-corrected chi connectivity index (χ0v) is 8.40. The molecule has 0 aliphatic rings. The summed E-state index contributed by atoms with van der Waals surface area (Å²) < 4.78 is 32.6. The van der Waals surface area contributed by atoms with Gasteiger partial charge in [-0.05, 0) is 12.1 Å². The molecule has 12 heavy (non-hydrogen) atoms. The molecule has 1 aromatic carbocycles. The second kappa shape index (κ2) is 4.44. The van der Waals surface area contributed by atoms with Gasteiger partial charge < -0.3 is 4.18 Å². The largest absolute Gasteiger partial charge is 0.446 e. The van der Waals surface area contributed by atoms with Crippen LogP contribution >= 0.6 is 17.0 Å². The number of para-hydroxylation sites is 1. The van der Waals surface area contributed by atoms with Crippen LogP contribution in [0.1, 0.15) is 0 Å². The number of hydrogen-bond donors (Lipinski definition) is 1. The lowest BCUT2D eigenvalue weighted by molar-refractivity contribution is 0.387. The first kappa shape index (κ1) is 11.4. The molecule has 68 valence electrons. The van der Waals surface area contributed by atoms with E-state index in [-0.39, 0.29) is 22.7 Å². The Morgan fingerprint density at radius 1 is 1.17 bits per heavy atom. The van der Waals surface area contributed by atoms with Crippen LogP contribution in [0, 0.1) is 0 Å². The standard InChI is InChI=1S/C6H6O4S.BrH/c7-11(8,9)10-6-4-2-1-3-5-6;/h1-5H,(H,7,8,9);1H. The third-order valence-electron chi connectivity index (χ3n) is 0.945. The molecule has 0 aliphatic heterocycles. The van der Waals surface area contributed by atoms with Crippen molar-refractivity contribution in [1.82, 2.24) is 0 Å². The molecule has 0 atom stereocenters. The Labute approximate surface area is 80.9 Å². The lowest BCUT2D eigenvalue weighted by Gasteiger charge is -1.98. The van der Waals surface area contributed by atoms with E-state index in [1.54, 1.807) is 18.2 Å². The van der Waals surface area contributed by atoms with Crippen LogP contribution < -0.4 is 4.18 Å². The Morgan fingerprint density at radius 2 is 1.67 bits per heavy atom. The van der Waals surface area contributed by atoms with Crippen LogP contribution in [-0.4, -0.2) is 13.0 Å². The number of halogens is 1. The Hall–Kier alpha value is -0.590. The Kier molecular flexibility index (Phi) is 4.22. The molecule has 1 rings (SSSR count). The van der Waals surface area contributed by atoms with Gasteiger partial charge in [0.2, 0.25) is 0 Å². The lowest BCUT2D eigenvalue weighted by Crippen LogP contribution is -2.06. The predicted octanol–water partition coefficient (Wildman–Crippen LogP) is 1.45. The molecule has 6 heteroatoms. The highest BCUT2D eigenvalue weighted by Gasteiger charge is 2.04. The van der Waals surface area contributed by atoms with E-state index in [1.807, 2.05) is 0 Å². The van der Waals surface area contributed by atoms with Crippen LogP contribution in [-0.2, 0) is 10.4 Å². The quantitative estimate of drug-likeness (QED) is 0.812. The van der Waals surface area contributed by atoms with Crippen molar-refractivity contribution in [3.8, 4) is 5.75 Å². The van der Waals surface area contributed by atoms with Crippen molar-refractivity contribution in [1.29, 1.82) is 0 Å². The second-order valence-electron chi connectivity index (χ2n) is 1.82. The van der Waals surface area contributed by atoms with Gasteiger partial charge in [0.15, 0.2) is 0 Å². The first-order valence-corrected chi connectivity index (χ1v) is 4.16. The van der Waals surface area contributed by atoms with Crippen LogP contribution in [0.25, 0.3) is 0 Å². The minimum atomic E-state index is -4.38. The van der Waals surface area contributed by atoms with E-state index in [0.29, 0.717) is 0 Å². The minimum Gasteiger partial charge on any atom is -0.362 e. The zero-order valence-electron chi connectivity index (χ0n) is 5.88. The van der Waals surface area contributed by atoms with Crippen molar-refractivity contribution in [2.24, 2.45) is 0 Å². The van der Waals surface area contributed by atoms with Crippen molar-refractivity contribution in [2.75, 3.05) is 0 Å². The molecule has 0 bridgehead atoms. The van der Waals surface area contributed by atoms with E-state index < -0.39 is 10.4 Å². The van der Waals surface area contributed by atoms with Crippen LogP contribution in [0.15, 0.2) is 30.3 Å². The van der Waals surface area contributed by atoms with Crippen LogP contribution in [0.2, 0.25) is 0 Å². The molecular weight excluding hydrogens is 248 g/mol. The summed E-state index contributed by atoms with van der Waals surface area (Å²) in [5, 5.41) is 0. The third-order valence-corrected chi connectivity index (χ3v) is 1.35. The van der Waals surface area contributed by atoms with Gasteiger partial charge in [0.1, 0.15) is 5.75 Å². The molecule has 0 amide bonds. The lowest BCUT2D eigenvalue weighted by atomic mass is 10.3. The van der Waals surface area contributed by atoms with E-state index in [1.165, 1.54) is 12.1 Å². The van der Waals surface area contributed by atoms with Crippen molar-refractivity contribution in [3.05, 3.63) is 30.3 Å².